The Labute approximate surface area is 177 Å². The summed E-state index contributed by atoms with van der Waals surface area (Å²) in [6.45, 7) is 4.44. The molecule has 2 aromatic rings. The molecule has 0 spiro atoms. The normalized spacial score (nSPS) is 15.6. The van der Waals surface area contributed by atoms with E-state index in [1.807, 2.05) is 19.9 Å². The van der Waals surface area contributed by atoms with E-state index in [-0.39, 0.29) is 11.8 Å². The molecule has 1 fully saturated rings. The number of aryl methyl sites for hydroxylation is 2. The van der Waals surface area contributed by atoms with E-state index in [4.69, 9.17) is 0 Å². The first kappa shape index (κ1) is 22.0. The van der Waals surface area contributed by atoms with E-state index in [2.05, 4.69) is 10.1 Å². The molecule has 2 aromatic carbocycles. The summed E-state index contributed by atoms with van der Waals surface area (Å²) in [6.07, 6.45) is 0.909. The molecule has 1 saturated heterocycles. The van der Waals surface area contributed by atoms with Gasteiger partial charge < -0.3 is 10.1 Å². The lowest BCUT2D eigenvalue weighted by Gasteiger charge is -2.30. The average Bonchev–Trinajstić information content (AvgIpc) is 2.75. The second-order valence-electron chi connectivity index (χ2n) is 7.48. The number of nitrogens with zero attached hydrogens (tertiary/aromatic N) is 1. The number of nitrogens with one attached hydrogen (secondary N) is 1. The van der Waals surface area contributed by atoms with Crippen molar-refractivity contribution < 1.29 is 22.7 Å². The summed E-state index contributed by atoms with van der Waals surface area (Å²) in [5.74, 6) is -0.856. The molecule has 0 radical (unpaired) electrons. The van der Waals surface area contributed by atoms with Crippen LogP contribution in [0.5, 0.6) is 0 Å². The summed E-state index contributed by atoms with van der Waals surface area (Å²) in [5.41, 5.74) is 2.96. The van der Waals surface area contributed by atoms with Gasteiger partial charge in [0.05, 0.1) is 17.6 Å². The van der Waals surface area contributed by atoms with E-state index in [1.165, 1.54) is 11.4 Å². The van der Waals surface area contributed by atoms with Crippen molar-refractivity contribution in [3.63, 3.8) is 0 Å². The van der Waals surface area contributed by atoms with Crippen LogP contribution in [0.15, 0.2) is 47.4 Å². The first-order chi connectivity index (χ1) is 14.2. The SMILES string of the molecule is COC(=O)c1ccc(NC(=O)C2CCN(S(=O)(=O)c3ccc(C)c(C)c3)CC2)cc1. The maximum Gasteiger partial charge on any atom is 0.337 e. The minimum Gasteiger partial charge on any atom is -0.465 e. The zero-order chi connectivity index (χ0) is 21.9. The lowest BCUT2D eigenvalue weighted by atomic mass is 9.97. The molecule has 7 nitrogen and oxygen atoms in total. The molecule has 1 amide bonds. The van der Waals surface area contributed by atoms with Gasteiger partial charge >= 0.3 is 5.97 Å². The quantitative estimate of drug-likeness (QED) is 0.736. The van der Waals surface area contributed by atoms with Crippen LogP contribution in [0.2, 0.25) is 0 Å². The Morgan fingerprint density at radius 2 is 1.63 bits per heavy atom. The van der Waals surface area contributed by atoms with Gasteiger partial charge in [-0.3, -0.25) is 4.79 Å². The summed E-state index contributed by atoms with van der Waals surface area (Å²) < 4.78 is 31.9. The maximum atomic E-state index is 12.9. The summed E-state index contributed by atoms with van der Waals surface area (Å²) >= 11 is 0. The molecule has 3 rings (SSSR count). The number of anilines is 1. The van der Waals surface area contributed by atoms with Gasteiger partial charge in [0, 0.05) is 24.7 Å². The Bertz CT molecular complexity index is 1040. The van der Waals surface area contributed by atoms with Crippen molar-refractivity contribution in [3.05, 3.63) is 59.2 Å². The smallest absolute Gasteiger partial charge is 0.337 e. The molecule has 0 saturated carbocycles. The zero-order valence-electron chi connectivity index (χ0n) is 17.3. The second-order valence-corrected chi connectivity index (χ2v) is 9.42. The monoisotopic (exact) mass is 430 g/mol. The minimum absolute atomic E-state index is 0.149. The fourth-order valence-corrected chi connectivity index (χ4v) is 4.99. The zero-order valence-corrected chi connectivity index (χ0v) is 18.2. The highest BCUT2D eigenvalue weighted by molar-refractivity contribution is 7.89. The molecule has 0 aromatic heterocycles. The molecule has 1 aliphatic heterocycles. The van der Waals surface area contributed by atoms with Crippen LogP contribution >= 0.6 is 0 Å². The largest absolute Gasteiger partial charge is 0.465 e. The average molecular weight is 431 g/mol. The van der Waals surface area contributed by atoms with Gasteiger partial charge in [-0.1, -0.05) is 6.07 Å². The highest BCUT2D eigenvalue weighted by Crippen LogP contribution is 2.26. The number of sulfonamides is 1. The Hall–Kier alpha value is -2.71. The van der Waals surface area contributed by atoms with Crippen molar-refractivity contribution in [2.75, 3.05) is 25.5 Å². The molecular weight excluding hydrogens is 404 g/mol. The Kier molecular flexibility index (Phi) is 6.58. The topological polar surface area (TPSA) is 92.8 Å². The van der Waals surface area contributed by atoms with Crippen molar-refractivity contribution >= 4 is 27.6 Å². The van der Waals surface area contributed by atoms with Gasteiger partial charge in [-0.25, -0.2) is 13.2 Å². The molecule has 0 bridgehead atoms. The highest BCUT2D eigenvalue weighted by Gasteiger charge is 2.32. The van der Waals surface area contributed by atoms with E-state index >= 15 is 0 Å². The number of carbonyl (C=O) groups is 2. The second kappa shape index (κ2) is 8.97. The van der Waals surface area contributed by atoms with Crippen LogP contribution in [0, 0.1) is 19.8 Å². The lowest BCUT2D eigenvalue weighted by molar-refractivity contribution is -0.120. The number of esters is 1. The summed E-state index contributed by atoms with van der Waals surface area (Å²) in [7, 11) is -2.26. The summed E-state index contributed by atoms with van der Waals surface area (Å²) in [5, 5.41) is 2.84. The van der Waals surface area contributed by atoms with Crippen LogP contribution in [0.3, 0.4) is 0 Å². The third-order valence-corrected chi connectivity index (χ3v) is 7.41. The molecule has 8 heteroatoms. The molecule has 0 atom stereocenters. The third-order valence-electron chi connectivity index (χ3n) is 5.51. The molecule has 1 aliphatic rings. The Morgan fingerprint density at radius 3 is 2.20 bits per heavy atom. The number of benzene rings is 2. The molecular formula is C22H26N2O5S. The molecule has 0 aliphatic carbocycles. The van der Waals surface area contributed by atoms with E-state index in [0.29, 0.717) is 42.1 Å². The standard InChI is InChI=1S/C22H26N2O5S/c1-15-4-9-20(14-16(15)2)30(27,28)24-12-10-17(11-13-24)21(25)23-19-7-5-18(6-8-19)22(26)29-3/h4-9,14,17H,10-13H2,1-3H3,(H,23,25). The van der Waals surface area contributed by atoms with Crippen molar-refractivity contribution in [3.8, 4) is 0 Å². The number of hydrogen-bond donors (Lipinski definition) is 1. The summed E-state index contributed by atoms with van der Waals surface area (Å²) in [6, 6.07) is 11.6. The van der Waals surface area contributed by atoms with Crippen LogP contribution in [-0.2, 0) is 19.6 Å². The van der Waals surface area contributed by atoms with Gasteiger partial charge in [-0.05, 0) is 74.2 Å². The van der Waals surface area contributed by atoms with Gasteiger partial charge in [-0.15, -0.1) is 0 Å². The molecule has 0 unspecified atom stereocenters. The van der Waals surface area contributed by atoms with Crippen molar-refractivity contribution in [1.82, 2.24) is 4.31 Å². The van der Waals surface area contributed by atoms with E-state index in [0.717, 1.165) is 11.1 Å². The minimum atomic E-state index is -3.57. The third kappa shape index (κ3) is 4.71. The Morgan fingerprint density at radius 1 is 1.00 bits per heavy atom. The van der Waals surface area contributed by atoms with Crippen LogP contribution in [0.4, 0.5) is 5.69 Å². The lowest BCUT2D eigenvalue weighted by Crippen LogP contribution is -2.41. The van der Waals surface area contributed by atoms with Crippen molar-refractivity contribution in [1.29, 1.82) is 0 Å². The van der Waals surface area contributed by atoms with Crippen LogP contribution in [0.1, 0.15) is 34.3 Å². The van der Waals surface area contributed by atoms with E-state index in [1.54, 1.807) is 36.4 Å². The Balaban J connectivity index is 1.60. The van der Waals surface area contributed by atoms with Crippen molar-refractivity contribution in [2.45, 2.75) is 31.6 Å². The van der Waals surface area contributed by atoms with Gasteiger partial charge in [0.2, 0.25) is 15.9 Å². The first-order valence-corrected chi connectivity index (χ1v) is 11.2. The predicted octanol–water partition coefficient (Wildman–Crippen LogP) is 3.13. The molecule has 160 valence electrons. The summed E-state index contributed by atoms with van der Waals surface area (Å²) in [4.78, 5) is 24.4. The van der Waals surface area contributed by atoms with E-state index in [9.17, 15) is 18.0 Å². The molecule has 30 heavy (non-hydrogen) atoms. The maximum absolute atomic E-state index is 12.9. The number of piperidine rings is 1. The number of rotatable bonds is 5. The number of hydrogen-bond acceptors (Lipinski definition) is 5. The van der Waals surface area contributed by atoms with Gasteiger partial charge in [0.1, 0.15) is 0 Å². The van der Waals surface area contributed by atoms with Crippen LogP contribution in [0.25, 0.3) is 0 Å². The van der Waals surface area contributed by atoms with E-state index < -0.39 is 16.0 Å². The first-order valence-electron chi connectivity index (χ1n) is 9.79. The molecule has 1 N–H and O–H groups in total. The highest BCUT2D eigenvalue weighted by atomic mass is 32.2. The number of ether oxygens (including phenoxy) is 1. The predicted molar refractivity (Wildman–Crippen MR) is 114 cm³/mol. The number of methoxy groups -OCH3 is 1. The molecule has 1 heterocycles. The van der Waals surface area contributed by atoms with Crippen LogP contribution in [-0.4, -0.2) is 44.8 Å². The van der Waals surface area contributed by atoms with Gasteiger partial charge in [0.25, 0.3) is 0 Å². The van der Waals surface area contributed by atoms with Gasteiger partial charge in [-0.2, -0.15) is 4.31 Å². The fraction of sp³-hybridized carbons (Fsp3) is 0.364. The fourth-order valence-electron chi connectivity index (χ4n) is 3.43. The number of amides is 1. The number of carbonyl (C=O) groups excluding carboxylic acids is 2. The van der Waals surface area contributed by atoms with Gasteiger partial charge in [0.15, 0.2) is 0 Å². The van der Waals surface area contributed by atoms with Crippen molar-refractivity contribution in [2.24, 2.45) is 5.92 Å². The van der Waals surface area contributed by atoms with Crippen LogP contribution < -0.4 is 5.32 Å².